The van der Waals surface area contributed by atoms with Crippen LogP contribution in [0.25, 0.3) is 11.1 Å². The number of hydrogen-bond acceptors (Lipinski definition) is 4. The number of nitrogens with zero attached hydrogens (tertiary/aromatic N) is 4. The summed E-state index contributed by atoms with van der Waals surface area (Å²) < 4.78 is 1.85. The first kappa shape index (κ1) is 10.3. The van der Waals surface area contributed by atoms with Crippen molar-refractivity contribution in [1.82, 2.24) is 19.6 Å². The van der Waals surface area contributed by atoms with E-state index >= 15 is 0 Å². The Hall–Kier alpha value is -2.69. The fourth-order valence-corrected chi connectivity index (χ4v) is 2.48. The Bertz CT molecular complexity index is 816. The molecule has 1 aliphatic rings. The summed E-state index contributed by atoms with van der Waals surface area (Å²) in [5, 5.41) is 4.20. The van der Waals surface area contributed by atoms with Crippen molar-refractivity contribution in [3.63, 3.8) is 0 Å². The molecule has 0 aromatic carbocycles. The molecule has 5 heteroatoms. The van der Waals surface area contributed by atoms with Gasteiger partial charge in [-0.15, -0.1) is 0 Å². The molecule has 3 heterocycles. The summed E-state index contributed by atoms with van der Waals surface area (Å²) in [5.74, 6) is 0.333. The van der Waals surface area contributed by atoms with Crippen LogP contribution in [-0.2, 0) is 6.42 Å². The molecule has 0 amide bonds. The zero-order chi connectivity index (χ0) is 12.8. The minimum absolute atomic E-state index is 0.333. The van der Waals surface area contributed by atoms with Gasteiger partial charge in [-0.25, -0.2) is 14.5 Å². The average Bonchev–Trinajstić information content (AvgIpc) is 3.02. The molecule has 0 saturated heterocycles. The van der Waals surface area contributed by atoms with Gasteiger partial charge in [0, 0.05) is 30.6 Å². The molecule has 0 saturated carbocycles. The first-order valence-corrected chi connectivity index (χ1v) is 6.07. The maximum atomic E-state index is 5.62. The van der Waals surface area contributed by atoms with Gasteiger partial charge in [0.1, 0.15) is 0 Å². The summed E-state index contributed by atoms with van der Waals surface area (Å²) >= 11 is 0. The van der Waals surface area contributed by atoms with E-state index < -0.39 is 0 Å². The monoisotopic (exact) mass is 249 g/mol. The summed E-state index contributed by atoms with van der Waals surface area (Å²) in [5.41, 5.74) is 11.1. The lowest BCUT2D eigenvalue weighted by molar-refractivity contribution is 0.960. The minimum Gasteiger partial charge on any atom is -0.368 e. The molecule has 0 aliphatic heterocycles. The van der Waals surface area contributed by atoms with Gasteiger partial charge in [-0.1, -0.05) is 6.08 Å². The van der Waals surface area contributed by atoms with Crippen molar-refractivity contribution in [1.29, 1.82) is 0 Å². The molecular weight excluding hydrogens is 238 g/mol. The zero-order valence-electron chi connectivity index (χ0n) is 10.1. The Kier molecular flexibility index (Phi) is 1.97. The molecule has 0 bridgehead atoms. The number of pyridine rings is 1. The number of anilines is 1. The number of rotatable bonds is 1. The van der Waals surface area contributed by atoms with E-state index in [1.54, 1.807) is 12.4 Å². The van der Waals surface area contributed by atoms with Gasteiger partial charge in [-0.2, -0.15) is 5.10 Å². The zero-order valence-corrected chi connectivity index (χ0v) is 10.1. The van der Waals surface area contributed by atoms with Crippen LogP contribution in [0.5, 0.6) is 0 Å². The Labute approximate surface area is 109 Å². The maximum absolute atomic E-state index is 5.62. The van der Waals surface area contributed by atoms with Gasteiger partial charge in [-0.05, 0) is 29.3 Å². The Morgan fingerprint density at radius 1 is 1.26 bits per heavy atom. The second-order valence-electron chi connectivity index (χ2n) is 4.53. The normalized spacial score (nSPS) is 13.6. The second kappa shape index (κ2) is 3.65. The Balaban J connectivity index is 1.86. The van der Waals surface area contributed by atoms with E-state index in [0.717, 1.165) is 28.8 Å². The quantitative estimate of drug-likeness (QED) is 0.712. The standard InChI is InChI=1S/C14H11N5/c15-14-16-8-12-11(1-2-13(12)18-14)9-4-6-19-10(7-9)3-5-17-19/h1,3-8H,2H2,(H2,15,16,18). The minimum atomic E-state index is 0.333. The van der Waals surface area contributed by atoms with Gasteiger partial charge in [0.15, 0.2) is 0 Å². The van der Waals surface area contributed by atoms with Gasteiger partial charge >= 0.3 is 0 Å². The van der Waals surface area contributed by atoms with Crippen LogP contribution in [0.4, 0.5) is 5.95 Å². The molecule has 5 nitrogen and oxygen atoms in total. The topological polar surface area (TPSA) is 69.1 Å². The molecule has 2 N–H and O–H groups in total. The molecule has 4 rings (SSSR count). The van der Waals surface area contributed by atoms with Crippen LogP contribution in [0.3, 0.4) is 0 Å². The fourth-order valence-electron chi connectivity index (χ4n) is 2.48. The van der Waals surface area contributed by atoms with Crippen LogP contribution < -0.4 is 5.73 Å². The third-order valence-corrected chi connectivity index (χ3v) is 3.39. The molecular formula is C14H11N5. The molecule has 92 valence electrons. The molecule has 0 atom stereocenters. The maximum Gasteiger partial charge on any atom is 0.220 e. The lowest BCUT2D eigenvalue weighted by Gasteiger charge is -2.06. The van der Waals surface area contributed by atoms with Gasteiger partial charge in [0.05, 0.1) is 11.2 Å². The van der Waals surface area contributed by atoms with Gasteiger partial charge in [0.25, 0.3) is 0 Å². The Morgan fingerprint density at radius 3 is 3.16 bits per heavy atom. The summed E-state index contributed by atoms with van der Waals surface area (Å²) in [6, 6.07) is 6.15. The van der Waals surface area contributed by atoms with Crippen molar-refractivity contribution in [2.75, 3.05) is 5.73 Å². The van der Waals surface area contributed by atoms with Crippen molar-refractivity contribution < 1.29 is 0 Å². The summed E-state index contributed by atoms with van der Waals surface area (Å²) in [6.07, 6.45) is 8.53. The van der Waals surface area contributed by atoms with Crippen LogP contribution in [0.15, 0.2) is 42.9 Å². The molecule has 0 unspecified atom stereocenters. The van der Waals surface area contributed by atoms with Crippen LogP contribution in [0.2, 0.25) is 0 Å². The number of aromatic nitrogens is 4. The highest BCUT2D eigenvalue weighted by Gasteiger charge is 2.18. The molecule has 1 aliphatic carbocycles. The predicted octanol–water partition coefficient (Wildman–Crippen LogP) is 1.69. The number of allylic oxidation sites excluding steroid dienone is 1. The molecule has 0 radical (unpaired) electrons. The second-order valence-corrected chi connectivity index (χ2v) is 4.53. The number of nitrogen functional groups attached to an aromatic ring is 1. The highest BCUT2D eigenvalue weighted by Crippen LogP contribution is 2.31. The first-order valence-electron chi connectivity index (χ1n) is 6.07. The average molecular weight is 249 g/mol. The van der Waals surface area contributed by atoms with E-state index in [-0.39, 0.29) is 0 Å². The van der Waals surface area contributed by atoms with Crippen LogP contribution in [0, 0.1) is 0 Å². The third kappa shape index (κ3) is 1.52. The van der Waals surface area contributed by atoms with Crippen molar-refractivity contribution in [3.05, 3.63) is 59.7 Å². The summed E-state index contributed by atoms with van der Waals surface area (Å²) in [7, 11) is 0. The van der Waals surface area contributed by atoms with E-state index in [1.165, 1.54) is 5.57 Å². The van der Waals surface area contributed by atoms with Crippen LogP contribution in [0.1, 0.15) is 16.8 Å². The molecule has 0 spiro atoms. The number of hydrogen-bond donors (Lipinski definition) is 1. The fraction of sp³-hybridized carbons (Fsp3) is 0.0714. The van der Waals surface area contributed by atoms with Crippen molar-refractivity contribution in [2.24, 2.45) is 0 Å². The molecule has 3 aromatic rings. The van der Waals surface area contributed by atoms with Gasteiger partial charge in [0.2, 0.25) is 5.95 Å². The highest BCUT2D eigenvalue weighted by atomic mass is 15.2. The number of fused-ring (bicyclic) bond motifs is 2. The molecule has 19 heavy (non-hydrogen) atoms. The van der Waals surface area contributed by atoms with Crippen molar-refractivity contribution in [2.45, 2.75) is 6.42 Å². The third-order valence-electron chi connectivity index (χ3n) is 3.39. The lowest BCUT2D eigenvalue weighted by Crippen LogP contribution is -1.99. The Morgan fingerprint density at radius 2 is 2.21 bits per heavy atom. The predicted molar refractivity (Wildman–Crippen MR) is 72.4 cm³/mol. The number of nitrogens with two attached hydrogens (primary N) is 1. The van der Waals surface area contributed by atoms with Crippen molar-refractivity contribution >= 4 is 17.0 Å². The van der Waals surface area contributed by atoms with E-state index in [0.29, 0.717) is 5.95 Å². The van der Waals surface area contributed by atoms with E-state index in [9.17, 15) is 0 Å². The summed E-state index contributed by atoms with van der Waals surface area (Å²) in [4.78, 5) is 8.37. The SMILES string of the molecule is Nc1ncc2c(n1)CC=C2c1ccn2nccc2c1. The first-order chi connectivity index (χ1) is 9.31. The van der Waals surface area contributed by atoms with E-state index in [2.05, 4.69) is 33.3 Å². The van der Waals surface area contributed by atoms with Gasteiger partial charge in [-0.3, -0.25) is 0 Å². The van der Waals surface area contributed by atoms with Crippen LogP contribution in [-0.4, -0.2) is 19.6 Å². The van der Waals surface area contributed by atoms with Crippen LogP contribution >= 0.6 is 0 Å². The van der Waals surface area contributed by atoms with E-state index in [4.69, 9.17) is 5.73 Å². The largest absolute Gasteiger partial charge is 0.368 e. The van der Waals surface area contributed by atoms with Gasteiger partial charge < -0.3 is 5.73 Å². The summed E-state index contributed by atoms with van der Waals surface area (Å²) in [6.45, 7) is 0. The molecule has 3 aromatic heterocycles. The lowest BCUT2D eigenvalue weighted by atomic mass is 10.0. The van der Waals surface area contributed by atoms with Crippen molar-refractivity contribution in [3.8, 4) is 0 Å². The van der Waals surface area contributed by atoms with E-state index in [1.807, 2.05) is 16.8 Å². The highest BCUT2D eigenvalue weighted by molar-refractivity contribution is 5.84. The molecule has 0 fully saturated rings. The smallest absolute Gasteiger partial charge is 0.220 e.